The van der Waals surface area contributed by atoms with Gasteiger partial charge in [0.2, 0.25) is 5.91 Å². The van der Waals surface area contributed by atoms with Gasteiger partial charge in [-0.3, -0.25) is 9.69 Å². The number of piperazine rings is 1. The van der Waals surface area contributed by atoms with E-state index in [1.807, 2.05) is 43.6 Å². The molecule has 1 fully saturated rings. The first-order valence-electron chi connectivity index (χ1n) is 7.87. The van der Waals surface area contributed by atoms with Gasteiger partial charge in [-0.1, -0.05) is 6.07 Å². The van der Waals surface area contributed by atoms with Gasteiger partial charge in [0, 0.05) is 39.4 Å². The Labute approximate surface area is 136 Å². The number of hydrogen-bond donors (Lipinski definition) is 0. The number of carbonyl (C=O) groups excluding carboxylic acids is 1. The van der Waals surface area contributed by atoms with Crippen molar-refractivity contribution in [2.45, 2.75) is 6.54 Å². The van der Waals surface area contributed by atoms with Gasteiger partial charge in [-0.05, 0) is 24.3 Å². The summed E-state index contributed by atoms with van der Waals surface area (Å²) in [6, 6.07) is 9.67. The summed E-state index contributed by atoms with van der Waals surface area (Å²) < 4.78 is 5.29. The van der Waals surface area contributed by atoms with E-state index in [1.54, 1.807) is 11.2 Å². The number of carbonyl (C=O) groups is 1. The zero-order valence-corrected chi connectivity index (χ0v) is 13.4. The molecule has 0 aromatic carbocycles. The van der Waals surface area contributed by atoms with Crippen LogP contribution in [0.15, 0.2) is 47.2 Å². The predicted octanol–water partition coefficient (Wildman–Crippen LogP) is 1.46. The van der Waals surface area contributed by atoms with Crippen molar-refractivity contribution in [3.8, 4) is 0 Å². The van der Waals surface area contributed by atoms with Crippen LogP contribution in [0.2, 0.25) is 0 Å². The number of nitrogens with zero attached hydrogens (tertiary/aromatic N) is 4. The van der Waals surface area contributed by atoms with Gasteiger partial charge in [0.05, 0.1) is 19.4 Å². The van der Waals surface area contributed by atoms with Gasteiger partial charge in [-0.2, -0.15) is 0 Å². The van der Waals surface area contributed by atoms with E-state index < -0.39 is 0 Å². The fourth-order valence-electron chi connectivity index (χ4n) is 2.71. The van der Waals surface area contributed by atoms with Crippen molar-refractivity contribution in [2.75, 3.05) is 44.7 Å². The molecule has 23 heavy (non-hydrogen) atoms. The monoisotopic (exact) mass is 314 g/mol. The van der Waals surface area contributed by atoms with Crippen LogP contribution in [0.3, 0.4) is 0 Å². The van der Waals surface area contributed by atoms with Crippen molar-refractivity contribution in [3.05, 3.63) is 48.6 Å². The minimum atomic E-state index is 0.118. The molecule has 1 aliphatic heterocycles. The van der Waals surface area contributed by atoms with E-state index >= 15 is 0 Å². The Kier molecular flexibility index (Phi) is 4.92. The minimum Gasteiger partial charge on any atom is -0.467 e. The van der Waals surface area contributed by atoms with Crippen molar-refractivity contribution in [1.29, 1.82) is 0 Å². The van der Waals surface area contributed by atoms with Crippen molar-refractivity contribution < 1.29 is 9.21 Å². The molecule has 0 N–H and O–H groups in total. The lowest BCUT2D eigenvalue weighted by Crippen LogP contribution is -2.49. The lowest BCUT2D eigenvalue weighted by molar-refractivity contribution is -0.131. The summed E-state index contributed by atoms with van der Waals surface area (Å²) in [5.74, 6) is 1.93. The maximum Gasteiger partial charge on any atom is 0.236 e. The van der Waals surface area contributed by atoms with Gasteiger partial charge in [-0.25, -0.2) is 4.98 Å². The Morgan fingerprint density at radius 1 is 1.22 bits per heavy atom. The molecule has 1 saturated heterocycles. The number of pyridine rings is 1. The van der Waals surface area contributed by atoms with Crippen LogP contribution in [0.5, 0.6) is 0 Å². The molecule has 0 atom stereocenters. The third kappa shape index (κ3) is 4.10. The fourth-order valence-corrected chi connectivity index (χ4v) is 2.71. The van der Waals surface area contributed by atoms with Crippen molar-refractivity contribution in [3.63, 3.8) is 0 Å². The van der Waals surface area contributed by atoms with Gasteiger partial charge in [0.1, 0.15) is 11.6 Å². The second-order valence-corrected chi connectivity index (χ2v) is 5.78. The van der Waals surface area contributed by atoms with Gasteiger partial charge in [0.15, 0.2) is 0 Å². The van der Waals surface area contributed by atoms with Crippen LogP contribution in [0.1, 0.15) is 5.76 Å². The molecule has 0 unspecified atom stereocenters. The molecule has 0 spiro atoms. The van der Waals surface area contributed by atoms with E-state index in [1.165, 1.54) is 0 Å². The standard InChI is InChI=1S/C17H22N4O2/c1-19(13-15-5-4-12-23-15)17(22)14-20-8-10-21(11-9-20)16-6-2-3-7-18-16/h2-7,12H,8-11,13-14H2,1H3. The van der Waals surface area contributed by atoms with Crippen LogP contribution >= 0.6 is 0 Å². The summed E-state index contributed by atoms with van der Waals surface area (Å²) in [7, 11) is 1.81. The van der Waals surface area contributed by atoms with Gasteiger partial charge in [-0.15, -0.1) is 0 Å². The molecule has 122 valence electrons. The lowest BCUT2D eigenvalue weighted by atomic mass is 10.3. The van der Waals surface area contributed by atoms with Crippen LogP contribution in [-0.2, 0) is 11.3 Å². The number of rotatable bonds is 5. The second-order valence-electron chi connectivity index (χ2n) is 5.78. The maximum atomic E-state index is 12.3. The third-order valence-electron chi connectivity index (χ3n) is 4.10. The highest BCUT2D eigenvalue weighted by atomic mass is 16.3. The van der Waals surface area contributed by atoms with Crippen LogP contribution < -0.4 is 4.90 Å². The van der Waals surface area contributed by atoms with Crippen LogP contribution in [0.4, 0.5) is 5.82 Å². The average Bonchev–Trinajstić information content (AvgIpc) is 3.09. The molecule has 0 bridgehead atoms. The van der Waals surface area contributed by atoms with Gasteiger partial charge >= 0.3 is 0 Å². The van der Waals surface area contributed by atoms with Crippen molar-refractivity contribution in [1.82, 2.24) is 14.8 Å². The van der Waals surface area contributed by atoms with Crippen molar-refractivity contribution >= 4 is 11.7 Å². The molecule has 6 heteroatoms. The highest BCUT2D eigenvalue weighted by molar-refractivity contribution is 5.78. The largest absolute Gasteiger partial charge is 0.467 e. The summed E-state index contributed by atoms with van der Waals surface area (Å²) in [5, 5.41) is 0. The predicted molar refractivity (Wildman–Crippen MR) is 88.1 cm³/mol. The molecule has 3 rings (SSSR count). The molecule has 1 amide bonds. The Morgan fingerprint density at radius 3 is 2.70 bits per heavy atom. The van der Waals surface area contributed by atoms with Crippen LogP contribution in [0.25, 0.3) is 0 Å². The first kappa shape index (κ1) is 15.6. The normalized spacial score (nSPS) is 15.6. The number of amides is 1. The first-order chi connectivity index (χ1) is 11.2. The maximum absolute atomic E-state index is 12.3. The Bertz CT molecular complexity index is 607. The molecule has 6 nitrogen and oxygen atoms in total. The first-order valence-corrected chi connectivity index (χ1v) is 7.87. The summed E-state index contributed by atoms with van der Waals surface area (Å²) in [6.45, 7) is 4.50. The second kappa shape index (κ2) is 7.28. The molecule has 2 aromatic rings. The SMILES string of the molecule is CN(Cc1ccco1)C(=O)CN1CCN(c2ccccn2)CC1. The molecule has 3 heterocycles. The molecule has 2 aromatic heterocycles. The minimum absolute atomic E-state index is 0.118. The summed E-state index contributed by atoms with van der Waals surface area (Å²) in [4.78, 5) is 22.9. The molecular formula is C17H22N4O2. The highest BCUT2D eigenvalue weighted by Gasteiger charge is 2.21. The van der Waals surface area contributed by atoms with E-state index in [9.17, 15) is 4.79 Å². The Morgan fingerprint density at radius 2 is 2.04 bits per heavy atom. The Hall–Kier alpha value is -2.34. The average molecular weight is 314 g/mol. The zero-order valence-electron chi connectivity index (χ0n) is 13.4. The van der Waals surface area contributed by atoms with E-state index in [0.717, 1.165) is 37.8 Å². The fraction of sp³-hybridized carbons (Fsp3) is 0.412. The van der Waals surface area contributed by atoms with Crippen molar-refractivity contribution in [2.24, 2.45) is 0 Å². The van der Waals surface area contributed by atoms with E-state index in [-0.39, 0.29) is 5.91 Å². The van der Waals surface area contributed by atoms with Gasteiger partial charge < -0.3 is 14.2 Å². The number of furan rings is 1. The zero-order chi connectivity index (χ0) is 16.1. The quantitative estimate of drug-likeness (QED) is 0.836. The summed E-state index contributed by atoms with van der Waals surface area (Å²) in [5.41, 5.74) is 0. The van der Waals surface area contributed by atoms with Crippen LogP contribution in [-0.4, -0.2) is 60.5 Å². The van der Waals surface area contributed by atoms with Crippen LogP contribution in [0, 0.1) is 0 Å². The molecular weight excluding hydrogens is 292 g/mol. The van der Waals surface area contributed by atoms with E-state index in [0.29, 0.717) is 13.1 Å². The van der Waals surface area contributed by atoms with Gasteiger partial charge in [0.25, 0.3) is 0 Å². The molecule has 0 radical (unpaired) electrons. The third-order valence-corrected chi connectivity index (χ3v) is 4.10. The summed E-state index contributed by atoms with van der Waals surface area (Å²) in [6.07, 6.45) is 3.44. The topological polar surface area (TPSA) is 52.8 Å². The van der Waals surface area contributed by atoms with E-state index in [2.05, 4.69) is 14.8 Å². The molecule has 0 saturated carbocycles. The Balaban J connectivity index is 1.46. The highest BCUT2D eigenvalue weighted by Crippen LogP contribution is 2.12. The number of anilines is 1. The number of likely N-dealkylation sites (N-methyl/N-ethyl adjacent to an activating group) is 1. The smallest absolute Gasteiger partial charge is 0.236 e. The molecule has 1 aliphatic rings. The molecule has 0 aliphatic carbocycles. The number of hydrogen-bond acceptors (Lipinski definition) is 5. The number of aromatic nitrogens is 1. The lowest BCUT2D eigenvalue weighted by Gasteiger charge is -2.35. The van der Waals surface area contributed by atoms with E-state index in [4.69, 9.17) is 4.42 Å². The summed E-state index contributed by atoms with van der Waals surface area (Å²) >= 11 is 0.